The number of hydrogen-bond donors (Lipinski definition) is 1. The summed E-state index contributed by atoms with van der Waals surface area (Å²) in [5, 5.41) is 10.4. The molecule has 0 saturated carbocycles. The smallest absolute Gasteiger partial charge is 0.193 e. The van der Waals surface area contributed by atoms with E-state index >= 15 is 0 Å². The highest BCUT2D eigenvalue weighted by molar-refractivity contribution is 6.74. The molecule has 0 fully saturated rings. The molecule has 0 spiro atoms. The van der Waals surface area contributed by atoms with E-state index in [1.165, 1.54) is 0 Å². The number of allylic oxidation sites excluding steroid dienone is 1. The van der Waals surface area contributed by atoms with Crippen LogP contribution < -0.4 is 0 Å². The van der Waals surface area contributed by atoms with Gasteiger partial charge in [0.2, 0.25) is 0 Å². The van der Waals surface area contributed by atoms with Crippen LogP contribution in [0.4, 0.5) is 0 Å². The maximum Gasteiger partial charge on any atom is 0.193 e. The van der Waals surface area contributed by atoms with E-state index < -0.39 is 14.4 Å². The fourth-order valence-corrected chi connectivity index (χ4v) is 2.68. The van der Waals surface area contributed by atoms with Gasteiger partial charge in [0.1, 0.15) is 12.2 Å². The second-order valence-electron chi connectivity index (χ2n) is 6.74. The average Bonchev–Trinajstić information content (AvgIpc) is 2.32. The van der Waals surface area contributed by atoms with E-state index in [4.69, 9.17) is 4.43 Å². The third-order valence-corrected chi connectivity index (χ3v) is 8.31. The van der Waals surface area contributed by atoms with Crippen molar-refractivity contribution in [3.05, 3.63) is 12.2 Å². The van der Waals surface area contributed by atoms with E-state index in [2.05, 4.69) is 52.6 Å². The van der Waals surface area contributed by atoms with Crippen molar-refractivity contribution in [2.45, 2.75) is 84.2 Å². The first-order valence-corrected chi connectivity index (χ1v) is 10.5. The van der Waals surface area contributed by atoms with Crippen molar-refractivity contribution in [1.29, 1.82) is 0 Å². The van der Waals surface area contributed by atoms with Gasteiger partial charge in [0.15, 0.2) is 8.32 Å². The molecule has 0 aliphatic carbocycles. The molecule has 2 nitrogen and oxygen atoms in total. The first-order chi connectivity index (χ1) is 9.15. The molecule has 0 rings (SSSR count). The molecule has 0 heterocycles. The molecular weight excluding hydrogens is 264 g/mol. The highest BCUT2D eigenvalue weighted by atomic mass is 28.4. The summed E-state index contributed by atoms with van der Waals surface area (Å²) in [4.78, 5) is 0. The zero-order valence-electron chi connectivity index (χ0n) is 14.3. The lowest BCUT2D eigenvalue weighted by molar-refractivity contribution is 0.0934. The van der Waals surface area contributed by atoms with E-state index in [1.54, 1.807) is 0 Å². The van der Waals surface area contributed by atoms with Gasteiger partial charge in [0.25, 0.3) is 0 Å². The molecule has 0 aliphatic rings. The third kappa shape index (κ3) is 6.74. The van der Waals surface area contributed by atoms with E-state index in [9.17, 15) is 5.11 Å². The second-order valence-corrected chi connectivity index (χ2v) is 11.5. The Morgan fingerprint density at radius 3 is 2.35 bits per heavy atom. The summed E-state index contributed by atoms with van der Waals surface area (Å²) in [5.41, 5.74) is 0. The Morgan fingerprint density at radius 1 is 1.30 bits per heavy atom. The fraction of sp³-hybridized carbons (Fsp3) is 0.765. The predicted octanol–water partition coefficient (Wildman–Crippen LogP) is 4.51. The van der Waals surface area contributed by atoms with Gasteiger partial charge in [-0.3, -0.25) is 0 Å². The lowest BCUT2D eigenvalue weighted by atomic mass is 10.2. The summed E-state index contributed by atoms with van der Waals surface area (Å²) in [7, 11) is -1.90. The first kappa shape index (κ1) is 19.4. The molecule has 20 heavy (non-hydrogen) atoms. The van der Waals surface area contributed by atoms with Crippen molar-refractivity contribution >= 4 is 8.32 Å². The van der Waals surface area contributed by atoms with Crippen LogP contribution in [0.1, 0.15) is 53.9 Å². The van der Waals surface area contributed by atoms with Crippen molar-refractivity contribution in [3.63, 3.8) is 0 Å². The molecule has 0 amide bonds. The van der Waals surface area contributed by atoms with Crippen molar-refractivity contribution in [1.82, 2.24) is 0 Å². The predicted molar refractivity (Wildman–Crippen MR) is 90.2 cm³/mol. The molecule has 0 aromatic carbocycles. The van der Waals surface area contributed by atoms with Crippen molar-refractivity contribution in [2.24, 2.45) is 0 Å². The van der Waals surface area contributed by atoms with Gasteiger partial charge in [-0.2, -0.15) is 0 Å². The minimum atomic E-state index is -1.90. The van der Waals surface area contributed by atoms with Crippen molar-refractivity contribution < 1.29 is 9.53 Å². The summed E-state index contributed by atoms with van der Waals surface area (Å²) >= 11 is 0. The summed E-state index contributed by atoms with van der Waals surface area (Å²) in [6.45, 7) is 15.1. The molecule has 0 aromatic heterocycles. The maximum atomic E-state index is 10.2. The Hall–Kier alpha value is -0.563. The molecule has 0 aliphatic heterocycles. The lowest BCUT2D eigenvalue weighted by Gasteiger charge is -2.39. The second kappa shape index (κ2) is 8.66. The lowest BCUT2D eigenvalue weighted by Crippen LogP contribution is -2.46. The standard InChI is InChI=1S/C17H32O2Si/c1-8-10-11-12-14-15(18)16(13-9-2)19-20(6,7)17(3,4)5/h9,13,15-16,18H,8,10-11H2,1-7H3/b13-9+/t15-,16+/m0/s1. The van der Waals surface area contributed by atoms with E-state index in [-0.39, 0.29) is 11.1 Å². The SMILES string of the molecule is C/C=C/[C@@H](O[Si](C)(C)C(C)(C)C)[C@@H](O)C#CCCCC. The molecule has 0 aromatic rings. The highest BCUT2D eigenvalue weighted by Crippen LogP contribution is 2.37. The van der Waals surface area contributed by atoms with Crippen LogP contribution in [0.15, 0.2) is 12.2 Å². The van der Waals surface area contributed by atoms with Crippen LogP contribution in [0.2, 0.25) is 18.1 Å². The largest absolute Gasteiger partial charge is 0.407 e. The topological polar surface area (TPSA) is 29.5 Å². The van der Waals surface area contributed by atoms with Crippen LogP contribution in [0.3, 0.4) is 0 Å². The monoisotopic (exact) mass is 296 g/mol. The Bertz CT molecular complexity index is 355. The Kier molecular flexibility index (Phi) is 8.42. The Morgan fingerprint density at radius 2 is 1.90 bits per heavy atom. The summed E-state index contributed by atoms with van der Waals surface area (Å²) in [5.74, 6) is 5.98. The number of unbranched alkanes of at least 4 members (excludes halogenated alkanes) is 2. The van der Waals surface area contributed by atoms with Gasteiger partial charge < -0.3 is 9.53 Å². The number of aliphatic hydroxyl groups excluding tert-OH is 1. The third-order valence-electron chi connectivity index (χ3n) is 3.84. The minimum Gasteiger partial charge on any atom is -0.407 e. The van der Waals surface area contributed by atoms with Gasteiger partial charge in [0, 0.05) is 6.42 Å². The molecule has 3 heteroatoms. The Balaban J connectivity index is 4.84. The molecule has 0 radical (unpaired) electrons. The molecule has 0 bridgehead atoms. The van der Waals surface area contributed by atoms with E-state index in [0.717, 1.165) is 19.3 Å². The van der Waals surface area contributed by atoms with E-state index in [0.29, 0.717) is 0 Å². The molecule has 1 N–H and O–H groups in total. The minimum absolute atomic E-state index is 0.127. The van der Waals surface area contributed by atoms with Gasteiger partial charge in [0.05, 0.1) is 0 Å². The average molecular weight is 297 g/mol. The maximum absolute atomic E-state index is 10.2. The molecule has 0 unspecified atom stereocenters. The van der Waals surface area contributed by atoms with Gasteiger partial charge in [-0.1, -0.05) is 52.2 Å². The molecule has 2 atom stereocenters. The van der Waals surface area contributed by atoms with Crippen LogP contribution in [0.25, 0.3) is 0 Å². The Labute approximate surface area is 126 Å². The summed E-state index contributed by atoms with van der Waals surface area (Å²) in [6, 6.07) is 0. The summed E-state index contributed by atoms with van der Waals surface area (Å²) in [6.07, 6.45) is 5.83. The molecule has 0 saturated heterocycles. The van der Waals surface area contributed by atoms with Crippen LogP contribution in [0.5, 0.6) is 0 Å². The molecular formula is C17H32O2Si. The van der Waals surface area contributed by atoms with Gasteiger partial charge in [-0.05, 0) is 31.5 Å². The molecule has 116 valence electrons. The zero-order chi connectivity index (χ0) is 15.8. The zero-order valence-corrected chi connectivity index (χ0v) is 15.3. The normalized spacial score (nSPS) is 15.8. The number of rotatable bonds is 6. The van der Waals surface area contributed by atoms with Gasteiger partial charge in [-0.25, -0.2) is 0 Å². The highest BCUT2D eigenvalue weighted by Gasteiger charge is 2.39. The van der Waals surface area contributed by atoms with Crippen LogP contribution in [-0.2, 0) is 4.43 Å². The van der Waals surface area contributed by atoms with Gasteiger partial charge >= 0.3 is 0 Å². The van der Waals surface area contributed by atoms with E-state index in [1.807, 2.05) is 19.1 Å². The van der Waals surface area contributed by atoms with Gasteiger partial charge in [-0.15, -0.1) is 5.92 Å². The number of hydrogen-bond acceptors (Lipinski definition) is 2. The van der Waals surface area contributed by atoms with Crippen molar-refractivity contribution in [2.75, 3.05) is 0 Å². The van der Waals surface area contributed by atoms with Crippen LogP contribution >= 0.6 is 0 Å². The number of aliphatic hydroxyl groups is 1. The quantitative estimate of drug-likeness (QED) is 0.338. The summed E-state index contributed by atoms with van der Waals surface area (Å²) < 4.78 is 6.26. The fourth-order valence-electron chi connectivity index (χ4n) is 1.44. The first-order valence-electron chi connectivity index (χ1n) is 7.62. The van der Waals surface area contributed by atoms with Crippen LogP contribution in [-0.4, -0.2) is 25.6 Å². The van der Waals surface area contributed by atoms with Crippen LogP contribution in [0, 0.1) is 11.8 Å². The van der Waals surface area contributed by atoms with Crippen molar-refractivity contribution in [3.8, 4) is 11.8 Å².